The molecule has 7 nitrogen and oxygen atoms in total. The van der Waals surface area contributed by atoms with Crippen molar-refractivity contribution in [3.05, 3.63) is 26.9 Å². The Labute approximate surface area is 154 Å². The van der Waals surface area contributed by atoms with E-state index in [2.05, 4.69) is 5.32 Å². The molecule has 2 fully saturated rings. The van der Waals surface area contributed by atoms with E-state index in [1.165, 1.54) is 43.4 Å². The van der Waals surface area contributed by atoms with Crippen molar-refractivity contribution in [2.45, 2.75) is 57.4 Å². The Morgan fingerprint density at radius 1 is 1.00 bits per heavy atom. The Balaban J connectivity index is 1.70. The van der Waals surface area contributed by atoms with E-state index >= 15 is 0 Å². The van der Waals surface area contributed by atoms with Crippen LogP contribution in [-0.2, 0) is 18.9 Å². The van der Waals surface area contributed by atoms with Gasteiger partial charge in [-0.2, -0.15) is 0 Å². The van der Waals surface area contributed by atoms with Crippen LogP contribution in [0.2, 0.25) is 0 Å². The zero-order valence-electron chi connectivity index (χ0n) is 15.9. The van der Waals surface area contributed by atoms with Gasteiger partial charge in [0.25, 0.3) is 5.56 Å². The van der Waals surface area contributed by atoms with Gasteiger partial charge in [-0.05, 0) is 25.7 Å². The van der Waals surface area contributed by atoms with Crippen molar-refractivity contribution in [1.82, 2.24) is 14.5 Å². The highest BCUT2D eigenvalue weighted by Gasteiger charge is 2.29. The van der Waals surface area contributed by atoms with Crippen LogP contribution in [0.15, 0.2) is 15.7 Å². The van der Waals surface area contributed by atoms with Gasteiger partial charge in [0.2, 0.25) is 5.91 Å². The molecular weight excluding hydrogens is 332 g/mol. The topological polar surface area (TPSA) is 76.3 Å². The maximum atomic E-state index is 12.8. The highest BCUT2D eigenvalue weighted by atomic mass is 16.2. The Morgan fingerprint density at radius 3 is 2.38 bits per heavy atom. The molecule has 0 spiro atoms. The summed E-state index contributed by atoms with van der Waals surface area (Å²) in [5.74, 6) is 0.631. The van der Waals surface area contributed by atoms with Crippen LogP contribution >= 0.6 is 0 Å². The Kier molecular flexibility index (Phi) is 5.84. The van der Waals surface area contributed by atoms with E-state index in [9.17, 15) is 14.4 Å². The number of amides is 1. The summed E-state index contributed by atoms with van der Waals surface area (Å²) in [4.78, 5) is 39.0. The summed E-state index contributed by atoms with van der Waals surface area (Å²) in [7, 11) is 3.15. The lowest BCUT2D eigenvalue weighted by atomic mass is 9.96. The van der Waals surface area contributed by atoms with E-state index in [1.54, 1.807) is 7.05 Å². The van der Waals surface area contributed by atoms with Crippen molar-refractivity contribution < 1.29 is 4.79 Å². The summed E-state index contributed by atoms with van der Waals surface area (Å²) >= 11 is 0. The molecule has 1 saturated carbocycles. The fraction of sp³-hybridized carbons (Fsp3) is 0.737. The minimum absolute atomic E-state index is 0.0915. The number of nitrogens with one attached hydrogen (secondary N) is 1. The third-order valence-electron chi connectivity index (χ3n) is 5.82. The van der Waals surface area contributed by atoms with Crippen molar-refractivity contribution in [3.63, 3.8) is 0 Å². The van der Waals surface area contributed by atoms with Crippen molar-refractivity contribution >= 4 is 11.7 Å². The molecule has 26 heavy (non-hydrogen) atoms. The van der Waals surface area contributed by atoms with Crippen molar-refractivity contribution in [3.8, 4) is 0 Å². The quantitative estimate of drug-likeness (QED) is 0.818. The normalized spacial score (nSPS) is 22.1. The van der Waals surface area contributed by atoms with E-state index in [-0.39, 0.29) is 23.1 Å². The van der Waals surface area contributed by atoms with E-state index in [0.717, 1.165) is 36.8 Å². The molecule has 1 aliphatic carbocycles. The fourth-order valence-corrected chi connectivity index (χ4v) is 4.17. The molecule has 1 aromatic heterocycles. The van der Waals surface area contributed by atoms with E-state index in [0.29, 0.717) is 18.4 Å². The molecule has 1 atom stereocenters. The van der Waals surface area contributed by atoms with Gasteiger partial charge in [-0.3, -0.25) is 18.7 Å². The second-order valence-corrected chi connectivity index (χ2v) is 7.72. The van der Waals surface area contributed by atoms with Crippen LogP contribution in [0.5, 0.6) is 0 Å². The molecule has 7 heteroatoms. The first-order valence-corrected chi connectivity index (χ1v) is 9.79. The Morgan fingerprint density at radius 2 is 1.69 bits per heavy atom. The van der Waals surface area contributed by atoms with Crippen LogP contribution in [0.4, 0.5) is 5.82 Å². The number of anilines is 1. The van der Waals surface area contributed by atoms with E-state index in [4.69, 9.17) is 0 Å². The molecule has 3 rings (SSSR count). The SMILES string of the molecule is Cn1c(N2CCCC(C(=O)NC3CCCCCC3)C2)cc(=O)n(C)c1=O. The van der Waals surface area contributed by atoms with Gasteiger partial charge in [0, 0.05) is 39.3 Å². The molecule has 1 aromatic rings. The van der Waals surface area contributed by atoms with Gasteiger partial charge in [0.15, 0.2) is 0 Å². The van der Waals surface area contributed by atoms with Gasteiger partial charge < -0.3 is 10.2 Å². The average molecular weight is 362 g/mol. The number of carbonyl (C=O) groups is 1. The number of hydrogen-bond donors (Lipinski definition) is 1. The molecule has 1 aliphatic heterocycles. The second kappa shape index (κ2) is 8.10. The third kappa shape index (κ3) is 4.02. The number of aromatic nitrogens is 2. The summed E-state index contributed by atoms with van der Waals surface area (Å²) in [5.41, 5.74) is -0.648. The summed E-state index contributed by atoms with van der Waals surface area (Å²) in [5, 5.41) is 3.25. The van der Waals surface area contributed by atoms with Crippen molar-refractivity contribution in [1.29, 1.82) is 0 Å². The lowest BCUT2D eigenvalue weighted by Gasteiger charge is -2.35. The molecular formula is C19H30N4O3. The van der Waals surface area contributed by atoms with Gasteiger partial charge in [0.05, 0.1) is 5.92 Å². The van der Waals surface area contributed by atoms with Crippen LogP contribution < -0.4 is 21.5 Å². The fourth-order valence-electron chi connectivity index (χ4n) is 4.17. The number of rotatable bonds is 3. The van der Waals surface area contributed by atoms with E-state index < -0.39 is 0 Å². The van der Waals surface area contributed by atoms with Crippen LogP contribution in [-0.4, -0.2) is 34.2 Å². The molecule has 1 amide bonds. The van der Waals surface area contributed by atoms with Crippen molar-refractivity contribution in [2.24, 2.45) is 20.0 Å². The summed E-state index contributed by atoms with van der Waals surface area (Å²) in [6, 6.07) is 1.79. The summed E-state index contributed by atoms with van der Waals surface area (Å²) < 4.78 is 2.59. The first-order chi connectivity index (χ1) is 12.5. The molecule has 0 aromatic carbocycles. The predicted octanol–water partition coefficient (Wildman–Crippen LogP) is 1.14. The highest BCUT2D eigenvalue weighted by molar-refractivity contribution is 5.79. The zero-order chi connectivity index (χ0) is 18.7. The molecule has 2 aliphatic rings. The summed E-state index contributed by atoms with van der Waals surface area (Å²) in [6.07, 6.45) is 8.80. The number of nitrogens with zero attached hydrogens (tertiary/aromatic N) is 3. The zero-order valence-corrected chi connectivity index (χ0v) is 15.9. The predicted molar refractivity (Wildman–Crippen MR) is 101 cm³/mol. The van der Waals surface area contributed by atoms with Crippen LogP contribution in [0.1, 0.15) is 51.4 Å². The smallest absolute Gasteiger partial charge is 0.332 e. The van der Waals surface area contributed by atoms with Crippen LogP contribution in [0.25, 0.3) is 0 Å². The van der Waals surface area contributed by atoms with Crippen molar-refractivity contribution in [2.75, 3.05) is 18.0 Å². The third-order valence-corrected chi connectivity index (χ3v) is 5.82. The minimum Gasteiger partial charge on any atom is -0.357 e. The lowest BCUT2D eigenvalue weighted by molar-refractivity contribution is -0.126. The number of carbonyl (C=O) groups excluding carboxylic acids is 1. The van der Waals surface area contributed by atoms with Gasteiger partial charge >= 0.3 is 5.69 Å². The monoisotopic (exact) mass is 362 g/mol. The Hall–Kier alpha value is -2.05. The first kappa shape index (κ1) is 18.7. The van der Waals surface area contributed by atoms with E-state index in [1.807, 2.05) is 4.90 Å². The van der Waals surface area contributed by atoms with Gasteiger partial charge in [-0.1, -0.05) is 25.7 Å². The molecule has 1 unspecified atom stereocenters. The maximum Gasteiger partial charge on any atom is 0.332 e. The lowest BCUT2D eigenvalue weighted by Crippen LogP contribution is -2.48. The van der Waals surface area contributed by atoms with Gasteiger partial charge in [-0.25, -0.2) is 4.79 Å². The maximum absolute atomic E-state index is 12.8. The van der Waals surface area contributed by atoms with Gasteiger partial charge in [-0.15, -0.1) is 0 Å². The van der Waals surface area contributed by atoms with Crippen LogP contribution in [0.3, 0.4) is 0 Å². The second-order valence-electron chi connectivity index (χ2n) is 7.72. The molecule has 0 bridgehead atoms. The highest BCUT2D eigenvalue weighted by Crippen LogP contribution is 2.23. The molecule has 0 radical (unpaired) electrons. The molecule has 144 valence electrons. The molecule has 1 N–H and O–H groups in total. The average Bonchev–Trinajstić information content (AvgIpc) is 2.91. The number of hydrogen-bond acceptors (Lipinski definition) is 4. The summed E-state index contributed by atoms with van der Waals surface area (Å²) in [6.45, 7) is 1.31. The number of piperidine rings is 1. The largest absolute Gasteiger partial charge is 0.357 e. The minimum atomic E-state index is -0.336. The Bertz CT molecular complexity index is 759. The van der Waals surface area contributed by atoms with Gasteiger partial charge in [0.1, 0.15) is 5.82 Å². The van der Waals surface area contributed by atoms with Crippen LogP contribution in [0, 0.1) is 5.92 Å². The molecule has 2 heterocycles. The molecule has 1 saturated heterocycles. The standard InChI is InChI=1S/C19H30N4O3/c1-21-16(12-17(24)22(2)19(21)26)23-11-7-8-14(13-23)18(25)20-15-9-5-3-4-6-10-15/h12,14-15H,3-11,13H2,1-2H3,(H,20,25). The first-order valence-electron chi connectivity index (χ1n) is 9.79.